The molecule has 1 aromatic rings. The van der Waals surface area contributed by atoms with Crippen molar-refractivity contribution in [3.63, 3.8) is 0 Å². The highest BCUT2D eigenvalue weighted by Gasteiger charge is 2.30. The zero-order valence-electron chi connectivity index (χ0n) is 12.6. The molecule has 118 valence electrons. The van der Waals surface area contributed by atoms with Crippen molar-refractivity contribution in [1.29, 1.82) is 0 Å². The van der Waals surface area contributed by atoms with Crippen molar-refractivity contribution in [2.45, 2.75) is 6.92 Å². The predicted molar refractivity (Wildman–Crippen MR) is 90.3 cm³/mol. The van der Waals surface area contributed by atoms with Gasteiger partial charge in [0.05, 0.1) is 0 Å². The van der Waals surface area contributed by atoms with Gasteiger partial charge in [-0.05, 0) is 36.5 Å². The van der Waals surface area contributed by atoms with E-state index >= 15 is 0 Å². The summed E-state index contributed by atoms with van der Waals surface area (Å²) in [7, 11) is 1.48. The average Bonchev–Trinajstić information content (AvgIpc) is 2.52. The van der Waals surface area contributed by atoms with Gasteiger partial charge in [-0.25, -0.2) is 0 Å². The number of rotatable bonds is 3. The Kier molecular flexibility index (Phi) is 5.02. The van der Waals surface area contributed by atoms with E-state index in [4.69, 9.17) is 12.2 Å². The minimum absolute atomic E-state index is 0.0473. The van der Waals surface area contributed by atoms with Crippen molar-refractivity contribution in [2.75, 3.05) is 11.9 Å². The van der Waals surface area contributed by atoms with Crippen LogP contribution in [0.4, 0.5) is 5.69 Å². The Balaban J connectivity index is 2.24. The zero-order chi connectivity index (χ0) is 17.0. The summed E-state index contributed by atoms with van der Waals surface area (Å²) in [5.41, 5.74) is 0.640. The maximum Gasteiger partial charge on any atom is 0.265 e. The largest absolute Gasteiger partial charge is 0.298 e. The van der Waals surface area contributed by atoms with Gasteiger partial charge in [-0.2, -0.15) is 0 Å². The molecular weight excluding hydrogens is 314 g/mol. The molecule has 1 saturated heterocycles. The lowest BCUT2D eigenvalue weighted by molar-refractivity contribution is -0.128. The minimum Gasteiger partial charge on any atom is -0.298 e. The maximum absolute atomic E-state index is 12.0. The lowest BCUT2D eigenvalue weighted by atomic mass is 10.1. The number of carbonyl (C=O) groups is 3. The highest BCUT2D eigenvalue weighted by atomic mass is 32.1. The molecule has 1 aliphatic rings. The molecule has 0 bridgehead atoms. The number of allylic oxidation sites excluding steroid dienone is 2. The van der Waals surface area contributed by atoms with E-state index in [1.807, 2.05) is 18.2 Å². The molecule has 3 amide bonds. The third-order valence-corrected chi connectivity index (χ3v) is 3.55. The van der Waals surface area contributed by atoms with Gasteiger partial charge < -0.3 is 0 Å². The fourth-order valence-electron chi connectivity index (χ4n) is 1.95. The maximum atomic E-state index is 12.0. The van der Waals surface area contributed by atoms with E-state index in [0.717, 1.165) is 0 Å². The van der Waals surface area contributed by atoms with Crippen molar-refractivity contribution in [1.82, 2.24) is 10.2 Å². The normalized spacial score (nSPS) is 16.9. The summed E-state index contributed by atoms with van der Waals surface area (Å²) in [6, 6.07) is 9.03. The molecular formula is C16H15N3O3S. The Morgan fingerprint density at radius 2 is 1.91 bits per heavy atom. The van der Waals surface area contributed by atoms with E-state index in [-0.39, 0.29) is 16.6 Å². The van der Waals surface area contributed by atoms with Crippen molar-refractivity contribution in [3.05, 3.63) is 54.3 Å². The van der Waals surface area contributed by atoms with Crippen LogP contribution in [0.5, 0.6) is 0 Å². The van der Waals surface area contributed by atoms with Crippen LogP contribution in [0.25, 0.3) is 0 Å². The number of amides is 3. The van der Waals surface area contributed by atoms with Crippen LogP contribution < -0.4 is 10.2 Å². The van der Waals surface area contributed by atoms with Gasteiger partial charge in [0.15, 0.2) is 5.11 Å². The van der Waals surface area contributed by atoms with Gasteiger partial charge in [0.2, 0.25) is 5.91 Å². The molecule has 0 spiro atoms. The fraction of sp³-hybridized carbons (Fsp3) is 0.125. The van der Waals surface area contributed by atoms with Crippen LogP contribution in [-0.4, -0.2) is 34.8 Å². The van der Waals surface area contributed by atoms with Crippen LogP contribution in [0.2, 0.25) is 0 Å². The molecule has 1 N–H and O–H groups in total. The first-order valence-corrected chi connectivity index (χ1v) is 7.19. The minimum atomic E-state index is -0.558. The summed E-state index contributed by atoms with van der Waals surface area (Å²) in [5, 5.41) is 2.48. The van der Waals surface area contributed by atoms with Crippen LogP contribution in [0.15, 0.2) is 54.3 Å². The van der Waals surface area contributed by atoms with Gasteiger partial charge in [-0.15, -0.1) is 0 Å². The Hall–Kier alpha value is -2.80. The molecule has 0 radical (unpaired) electrons. The van der Waals surface area contributed by atoms with Crippen molar-refractivity contribution >= 4 is 40.7 Å². The van der Waals surface area contributed by atoms with Crippen molar-refractivity contribution in [2.24, 2.45) is 0 Å². The molecule has 1 heterocycles. The summed E-state index contributed by atoms with van der Waals surface area (Å²) < 4.78 is 0. The van der Waals surface area contributed by atoms with Crippen LogP contribution in [0.1, 0.15) is 6.92 Å². The van der Waals surface area contributed by atoms with Crippen LogP contribution in [0.3, 0.4) is 0 Å². The van der Waals surface area contributed by atoms with Gasteiger partial charge in [-0.1, -0.05) is 18.2 Å². The monoisotopic (exact) mass is 329 g/mol. The molecule has 1 aromatic carbocycles. The topological polar surface area (TPSA) is 69.7 Å². The van der Waals surface area contributed by atoms with E-state index in [1.165, 1.54) is 42.1 Å². The quantitative estimate of drug-likeness (QED) is 0.516. The van der Waals surface area contributed by atoms with Gasteiger partial charge >= 0.3 is 0 Å². The molecule has 0 aliphatic carbocycles. The van der Waals surface area contributed by atoms with E-state index < -0.39 is 11.8 Å². The number of benzene rings is 1. The number of hydrogen-bond donors (Lipinski definition) is 1. The molecule has 23 heavy (non-hydrogen) atoms. The van der Waals surface area contributed by atoms with E-state index in [2.05, 4.69) is 5.32 Å². The molecule has 0 saturated carbocycles. The number of nitrogens with one attached hydrogen (secondary N) is 1. The first kappa shape index (κ1) is 16.6. The van der Waals surface area contributed by atoms with E-state index in [0.29, 0.717) is 5.69 Å². The summed E-state index contributed by atoms with van der Waals surface area (Å²) in [6.45, 7) is 1.43. The molecule has 6 nitrogen and oxygen atoms in total. The van der Waals surface area contributed by atoms with Gasteiger partial charge in [0.1, 0.15) is 5.57 Å². The third kappa shape index (κ3) is 3.70. The van der Waals surface area contributed by atoms with Gasteiger partial charge in [0.25, 0.3) is 11.8 Å². The number of anilines is 1. The number of hydrogen-bond acceptors (Lipinski definition) is 4. The number of nitrogens with zero attached hydrogens (tertiary/aromatic N) is 2. The molecule has 7 heteroatoms. The number of likely N-dealkylation sites (N-methyl/N-ethyl adjacent to an activating group) is 1. The number of carbonyl (C=O) groups excluding carboxylic acids is 3. The summed E-state index contributed by atoms with van der Waals surface area (Å²) in [5.74, 6) is -1.24. The number of para-hydroxylation sites is 1. The third-order valence-electron chi connectivity index (χ3n) is 3.18. The zero-order valence-corrected chi connectivity index (χ0v) is 13.5. The summed E-state index contributed by atoms with van der Waals surface area (Å²) in [6.07, 6.45) is 4.33. The molecule has 1 aliphatic heterocycles. The van der Waals surface area contributed by atoms with Crippen LogP contribution in [0, 0.1) is 0 Å². The second-order valence-electron chi connectivity index (χ2n) is 4.77. The molecule has 2 rings (SSSR count). The van der Waals surface area contributed by atoms with E-state index in [1.54, 1.807) is 12.1 Å². The molecule has 0 unspecified atom stereocenters. The second-order valence-corrected chi connectivity index (χ2v) is 5.16. The average molecular weight is 329 g/mol. The van der Waals surface area contributed by atoms with Crippen LogP contribution in [-0.2, 0) is 14.4 Å². The summed E-state index contributed by atoms with van der Waals surface area (Å²) in [4.78, 5) is 38.2. The second kappa shape index (κ2) is 6.97. The lowest BCUT2D eigenvalue weighted by Gasteiger charge is -2.24. The predicted octanol–water partition coefficient (Wildman–Crippen LogP) is 1.35. The smallest absolute Gasteiger partial charge is 0.265 e. The highest BCUT2D eigenvalue weighted by molar-refractivity contribution is 7.80. The fourth-order valence-corrected chi connectivity index (χ4v) is 2.13. The lowest BCUT2D eigenvalue weighted by Crippen LogP contribution is -2.52. The van der Waals surface area contributed by atoms with E-state index in [9.17, 15) is 14.4 Å². The highest BCUT2D eigenvalue weighted by Crippen LogP contribution is 2.14. The first-order valence-electron chi connectivity index (χ1n) is 6.78. The number of thiocarbonyl (C=S) groups is 1. The summed E-state index contributed by atoms with van der Waals surface area (Å²) >= 11 is 4.86. The Labute approximate surface area is 139 Å². The molecule has 0 atom stereocenters. The Morgan fingerprint density at radius 1 is 1.26 bits per heavy atom. The van der Waals surface area contributed by atoms with Gasteiger partial charge in [-0.3, -0.25) is 29.5 Å². The molecule has 1 fully saturated rings. The Bertz CT molecular complexity index is 725. The Morgan fingerprint density at radius 3 is 2.52 bits per heavy atom. The molecule has 0 aromatic heterocycles. The first-order chi connectivity index (χ1) is 10.9. The van der Waals surface area contributed by atoms with Gasteiger partial charge in [0, 0.05) is 25.9 Å². The standard InChI is InChI=1S/C16H15N3O3S/c1-11(20)19(12-7-4-3-5-8-12)10-6-9-13-14(21)17-16(23)18(2)15(13)22/h3-10H,1-2H3,(H,17,21,23)/b10-6+,13-9-. The van der Waals surface area contributed by atoms with Crippen LogP contribution >= 0.6 is 12.2 Å². The van der Waals surface area contributed by atoms with Crippen molar-refractivity contribution < 1.29 is 14.4 Å². The SMILES string of the molecule is CC(=O)N(/C=C/C=C1/C(=O)NC(=S)N(C)C1=O)c1ccccc1. The van der Waals surface area contributed by atoms with Crippen molar-refractivity contribution in [3.8, 4) is 0 Å².